The maximum absolute atomic E-state index is 3.89. The Balaban J connectivity index is 3.08. The van der Waals surface area contributed by atoms with E-state index in [1.54, 1.807) is 0 Å². The number of rotatable bonds is 13. The molecule has 1 atom stereocenters. The van der Waals surface area contributed by atoms with E-state index in [9.17, 15) is 0 Å². The first-order chi connectivity index (χ1) is 8.31. The van der Waals surface area contributed by atoms with E-state index in [-0.39, 0.29) is 0 Å². The summed E-state index contributed by atoms with van der Waals surface area (Å²) in [6.07, 6.45) is 18.3. The van der Waals surface area contributed by atoms with Gasteiger partial charge in [-0.2, -0.15) is 0 Å². The third kappa shape index (κ3) is 13.9. The topological polar surface area (TPSA) is 0 Å². The van der Waals surface area contributed by atoms with Gasteiger partial charge in [0.05, 0.1) is 0 Å². The maximum Gasteiger partial charge on any atom is -0.0443 e. The van der Waals surface area contributed by atoms with Crippen molar-refractivity contribution >= 4 is 0 Å². The smallest absolute Gasteiger partial charge is 0.0443 e. The molecule has 0 nitrogen and oxygen atoms in total. The van der Waals surface area contributed by atoms with Crippen molar-refractivity contribution in [2.24, 2.45) is 5.92 Å². The SMILES string of the molecule is [CH2]CCCCCC(C)CCCCCCCCC. The fourth-order valence-electron chi connectivity index (χ4n) is 2.44. The molecule has 0 aliphatic carbocycles. The molecule has 17 heavy (non-hydrogen) atoms. The van der Waals surface area contributed by atoms with Crippen LogP contribution in [0.4, 0.5) is 0 Å². The summed E-state index contributed by atoms with van der Waals surface area (Å²) in [5.74, 6) is 0.954. The average molecular weight is 239 g/mol. The first-order valence-corrected chi connectivity index (χ1v) is 8.10. The van der Waals surface area contributed by atoms with Gasteiger partial charge in [0.15, 0.2) is 0 Å². The molecule has 0 saturated heterocycles. The van der Waals surface area contributed by atoms with Gasteiger partial charge in [-0.15, -0.1) is 0 Å². The van der Waals surface area contributed by atoms with Crippen molar-refractivity contribution in [3.8, 4) is 0 Å². The van der Waals surface area contributed by atoms with Crippen molar-refractivity contribution in [3.63, 3.8) is 0 Å². The molecule has 0 bridgehead atoms. The van der Waals surface area contributed by atoms with Gasteiger partial charge < -0.3 is 0 Å². The number of hydrogen-bond donors (Lipinski definition) is 0. The summed E-state index contributed by atoms with van der Waals surface area (Å²) in [6, 6.07) is 0. The molecule has 0 fully saturated rings. The summed E-state index contributed by atoms with van der Waals surface area (Å²) in [4.78, 5) is 0. The zero-order valence-corrected chi connectivity index (χ0v) is 12.5. The Labute approximate surface area is 111 Å². The summed E-state index contributed by atoms with van der Waals surface area (Å²) >= 11 is 0. The first-order valence-electron chi connectivity index (χ1n) is 8.10. The van der Waals surface area contributed by atoms with Crippen LogP contribution >= 0.6 is 0 Å². The zero-order valence-electron chi connectivity index (χ0n) is 12.5. The molecule has 0 saturated carbocycles. The van der Waals surface area contributed by atoms with Gasteiger partial charge in [0, 0.05) is 0 Å². The molecule has 0 aromatic heterocycles. The summed E-state index contributed by atoms with van der Waals surface area (Å²) in [5.41, 5.74) is 0. The highest BCUT2D eigenvalue weighted by Gasteiger charge is 2.01. The van der Waals surface area contributed by atoms with Crippen molar-refractivity contribution in [2.45, 2.75) is 97.3 Å². The molecule has 0 amide bonds. The van der Waals surface area contributed by atoms with Crippen LogP contribution in [0.5, 0.6) is 0 Å². The van der Waals surface area contributed by atoms with Crippen LogP contribution in [-0.4, -0.2) is 0 Å². The van der Waals surface area contributed by atoms with Crippen LogP contribution < -0.4 is 0 Å². The molecular weight excluding hydrogens is 204 g/mol. The van der Waals surface area contributed by atoms with Gasteiger partial charge in [0.2, 0.25) is 0 Å². The van der Waals surface area contributed by atoms with Crippen LogP contribution in [0.3, 0.4) is 0 Å². The van der Waals surface area contributed by atoms with Crippen LogP contribution in [0.1, 0.15) is 97.3 Å². The van der Waals surface area contributed by atoms with Gasteiger partial charge in [-0.3, -0.25) is 0 Å². The van der Waals surface area contributed by atoms with E-state index in [4.69, 9.17) is 0 Å². The van der Waals surface area contributed by atoms with Gasteiger partial charge in [0.1, 0.15) is 0 Å². The van der Waals surface area contributed by atoms with Crippen molar-refractivity contribution in [1.82, 2.24) is 0 Å². The van der Waals surface area contributed by atoms with E-state index >= 15 is 0 Å². The van der Waals surface area contributed by atoms with Crippen molar-refractivity contribution in [1.29, 1.82) is 0 Å². The van der Waals surface area contributed by atoms with E-state index in [1.165, 1.54) is 77.0 Å². The minimum Gasteiger partial charge on any atom is -0.0654 e. The zero-order chi connectivity index (χ0) is 12.8. The Morgan fingerprint density at radius 1 is 0.706 bits per heavy atom. The lowest BCUT2D eigenvalue weighted by atomic mass is 9.96. The lowest BCUT2D eigenvalue weighted by molar-refractivity contribution is 0.434. The highest BCUT2D eigenvalue weighted by Crippen LogP contribution is 2.17. The van der Waals surface area contributed by atoms with Crippen molar-refractivity contribution in [2.75, 3.05) is 0 Å². The fraction of sp³-hybridized carbons (Fsp3) is 0.941. The predicted octanol–water partition coefficient (Wildman–Crippen LogP) is 6.55. The van der Waals surface area contributed by atoms with Gasteiger partial charge in [-0.1, -0.05) is 104 Å². The van der Waals surface area contributed by atoms with E-state index < -0.39 is 0 Å². The molecule has 0 aliphatic rings. The molecule has 0 rings (SSSR count). The van der Waals surface area contributed by atoms with Gasteiger partial charge in [0.25, 0.3) is 0 Å². The Morgan fingerprint density at radius 2 is 1.18 bits per heavy atom. The number of hydrogen-bond acceptors (Lipinski definition) is 0. The Hall–Kier alpha value is 0. The van der Waals surface area contributed by atoms with Crippen molar-refractivity contribution < 1.29 is 0 Å². The van der Waals surface area contributed by atoms with Gasteiger partial charge in [-0.25, -0.2) is 0 Å². The molecule has 0 aromatic carbocycles. The largest absolute Gasteiger partial charge is 0.0654 e. The quantitative estimate of drug-likeness (QED) is 0.320. The molecule has 0 spiro atoms. The molecule has 1 radical (unpaired) electrons. The third-order valence-corrected chi connectivity index (χ3v) is 3.75. The van der Waals surface area contributed by atoms with Crippen LogP contribution in [0.15, 0.2) is 0 Å². The monoisotopic (exact) mass is 239 g/mol. The third-order valence-electron chi connectivity index (χ3n) is 3.75. The van der Waals surface area contributed by atoms with Crippen LogP contribution in [0, 0.1) is 12.8 Å². The lowest BCUT2D eigenvalue weighted by Crippen LogP contribution is -1.95. The summed E-state index contributed by atoms with van der Waals surface area (Å²) in [7, 11) is 0. The second-order valence-electron chi connectivity index (χ2n) is 5.72. The van der Waals surface area contributed by atoms with Crippen molar-refractivity contribution in [3.05, 3.63) is 6.92 Å². The van der Waals surface area contributed by atoms with Gasteiger partial charge >= 0.3 is 0 Å². The molecular formula is C17H35. The lowest BCUT2D eigenvalue weighted by Gasteiger charge is -2.10. The Morgan fingerprint density at radius 3 is 1.71 bits per heavy atom. The minimum absolute atomic E-state index is 0.954. The summed E-state index contributed by atoms with van der Waals surface area (Å²) in [6.45, 7) is 8.61. The molecule has 0 aromatic rings. The predicted molar refractivity (Wildman–Crippen MR) is 80.2 cm³/mol. The van der Waals surface area contributed by atoms with Gasteiger partial charge in [-0.05, 0) is 5.92 Å². The van der Waals surface area contributed by atoms with E-state index in [0.29, 0.717) is 0 Å². The molecule has 0 heteroatoms. The summed E-state index contributed by atoms with van der Waals surface area (Å²) < 4.78 is 0. The Kier molecular flexibility index (Phi) is 14.1. The van der Waals surface area contributed by atoms with E-state index in [1.807, 2.05) is 0 Å². The first kappa shape index (κ1) is 17.0. The fourth-order valence-corrected chi connectivity index (χ4v) is 2.44. The highest BCUT2D eigenvalue weighted by molar-refractivity contribution is 4.55. The molecule has 0 N–H and O–H groups in total. The van der Waals surface area contributed by atoms with Crippen LogP contribution in [0.25, 0.3) is 0 Å². The molecule has 0 heterocycles. The number of unbranched alkanes of at least 4 members (excludes halogenated alkanes) is 9. The van der Waals surface area contributed by atoms with Crippen LogP contribution in [-0.2, 0) is 0 Å². The standard InChI is InChI=1S/C17H35/c1-4-6-8-10-11-12-14-16-17(3)15-13-9-7-5-2/h17H,2,4-16H2,1,3H3. The summed E-state index contributed by atoms with van der Waals surface area (Å²) in [5, 5.41) is 0. The van der Waals surface area contributed by atoms with E-state index in [2.05, 4.69) is 20.8 Å². The second kappa shape index (κ2) is 14.1. The maximum atomic E-state index is 3.89. The molecule has 0 aliphatic heterocycles. The Bertz CT molecular complexity index is 128. The minimum atomic E-state index is 0.954. The molecule has 1 unspecified atom stereocenters. The van der Waals surface area contributed by atoms with E-state index in [0.717, 1.165) is 12.3 Å². The normalized spacial score (nSPS) is 12.9. The second-order valence-corrected chi connectivity index (χ2v) is 5.72. The highest BCUT2D eigenvalue weighted by atomic mass is 14.1. The average Bonchev–Trinajstić information content (AvgIpc) is 2.33. The van der Waals surface area contributed by atoms with Crippen LogP contribution in [0.2, 0.25) is 0 Å². The molecule has 103 valence electrons.